The van der Waals surface area contributed by atoms with Crippen molar-refractivity contribution >= 4 is 47.0 Å². The first kappa shape index (κ1) is 34.8. The Morgan fingerprint density at radius 1 is 1.15 bits per heavy atom. The fourth-order valence-corrected chi connectivity index (χ4v) is 6.20. The summed E-state index contributed by atoms with van der Waals surface area (Å²) in [6.07, 6.45) is -4.50. The zero-order valence-electron chi connectivity index (χ0n) is 24.6. The first-order valence-electron chi connectivity index (χ1n) is 13.5. The zero-order valence-corrected chi connectivity index (χ0v) is 26.1. The van der Waals surface area contributed by atoms with Gasteiger partial charge in [0.1, 0.15) is 22.7 Å². The number of carbonyl (C=O) groups excluding carboxylic acids is 3. The Morgan fingerprint density at radius 3 is 2.41 bits per heavy atom. The van der Waals surface area contributed by atoms with Crippen molar-refractivity contribution in [1.82, 2.24) is 14.9 Å². The van der Waals surface area contributed by atoms with Gasteiger partial charge in [-0.15, -0.1) is 0 Å². The number of hydrogen-bond acceptors (Lipinski definition) is 7. The molecule has 0 unspecified atom stereocenters. The number of esters is 2. The van der Waals surface area contributed by atoms with Crippen LogP contribution in [0.15, 0.2) is 42.6 Å². The minimum atomic E-state index is -5.44. The van der Waals surface area contributed by atoms with Crippen molar-refractivity contribution < 1.29 is 41.1 Å². The Kier molecular flexibility index (Phi) is 9.55. The smallest absolute Gasteiger partial charge is 0.382 e. The monoisotopic (exact) mass is 685 g/mol. The zero-order chi connectivity index (χ0) is 34.4. The Labute approximate surface area is 269 Å². The van der Waals surface area contributed by atoms with E-state index in [4.69, 9.17) is 23.2 Å². The summed E-state index contributed by atoms with van der Waals surface area (Å²) in [7, 11) is 1.51. The fourth-order valence-electron chi connectivity index (χ4n) is 5.86. The second-order valence-corrected chi connectivity index (χ2v) is 12.8. The number of nitrogens with zero attached hydrogens (tertiary/aromatic N) is 3. The molecule has 4 rings (SSSR count). The van der Waals surface area contributed by atoms with Gasteiger partial charge in [-0.05, 0) is 42.6 Å². The Hall–Kier alpha value is -4.06. The van der Waals surface area contributed by atoms with Crippen molar-refractivity contribution in [2.45, 2.75) is 56.8 Å². The number of nitrogens with one attached hydrogen (secondary N) is 2. The number of rotatable bonds is 6. The number of nitriles is 1. The van der Waals surface area contributed by atoms with Crippen molar-refractivity contribution in [3.63, 3.8) is 0 Å². The first-order chi connectivity index (χ1) is 21.3. The fraction of sp³-hybridized carbons (Fsp3) is 0.367. The highest BCUT2D eigenvalue weighted by atomic mass is 35.5. The van der Waals surface area contributed by atoms with Gasteiger partial charge in [0.15, 0.2) is 0 Å². The number of carbonyl (C=O) groups is 3. The summed E-state index contributed by atoms with van der Waals surface area (Å²) in [6.45, 7) is 5.61. The number of hydrogen-bond donors (Lipinski definition) is 2. The van der Waals surface area contributed by atoms with Crippen molar-refractivity contribution in [2.24, 2.45) is 5.41 Å². The lowest BCUT2D eigenvalue weighted by atomic mass is 9.62. The summed E-state index contributed by atoms with van der Waals surface area (Å²) in [5.74, 6) is -9.05. The van der Waals surface area contributed by atoms with Crippen LogP contribution < -0.4 is 5.32 Å². The Balaban J connectivity index is 1.86. The highest BCUT2D eigenvalue weighted by Gasteiger charge is 2.64. The number of aromatic nitrogens is 2. The van der Waals surface area contributed by atoms with Crippen LogP contribution in [0.25, 0.3) is 0 Å². The number of aromatic amines is 1. The third-order valence-corrected chi connectivity index (χ3v) is 8.20. The van der Waals surface area contributed by atoms with Gasteiger partial charge in [-0.1, -0.05) is 62.2 Å². The van der Waals surface area contributed by atoms with Gasteiger partial charge in [0.25, 0.3) is 0 Å². The number of halogens is 7. The van der Waals surface area contributed by atoms with Gasteiger partial charge in [-0.2, -0.15) is 18.4 Å². The maximum absolute atomic E-state index is 15.9. The summed E-state index contributed by atoms with van der Waals surface area (Å²) in [4.78, 5) is 44.7. The average Bonchev–Trinajstić information content (AvgIpc) is 3.50. The average molecular weight is 686 g/mol. The number of anilines is 1. The van der Waals surface area contributed by atoms with E-state index in [1.165, 1.54) is 42.3 Å². The van der Waals surface area contributed by atoms with Crippen LogP contribution >= 0.6 is 23.2 Å². The number of alkyl halides is 3. The third-order valence-electron chi connectivity index (χ3n) is 7.67. The van der Waals surface area contributed by atoms with Crippen LogP contribution in [0.4, 0.5) is 27.9 Å². The lowest BCUT2D eigenvalue weighted by Gasteiger charge is -2.38. The van der Waals surface area contributed by atoms with E-state index in [1.54, 1.807) is 0 Å². The molecule has 1 amide bonds. The summed E-state index contributed by atoms with van der Waals surface area (Å²) < 4.78 is 73.1. The third kappa shape index (κ3) is 6.58. The molecule has 0 bridgehead atoms. The van der Waals surface area contributed by atoms with Crippen LogP contribution in [-0.2, 0) is 19.7 Å². The van der Waals surface area contributed by atoms with Gasteiger partial charge < -0.3 is 9.72 Å². The predicted octanol–water partition coefficient (Wildman–Crippen LogP) is 6.54. The minimum Gasteiger partial charge on any atom is -0.382 e. The number of ether oxygens (including phenoxy) is 1. The standard InChI is InChI=1S/C30H26Cl2F5N5O4/c1-28(2,3)11-20-29(13-38,16-9-8-14(31)10-18(16)33)21(15-6-5-7-17(32)22(15)34)23(42(20)4)24(43)41-27-39-12-19(40-27)25(44)46-26(45)30(35,36)37/h5-10,12,20-21,23H,11H2,1-4H3,(H2,39,40,41,43)/t20-,21-,23+,29-/m0/s1. The van der Waals surface area contributed by atoms with Crippen LogP contribution in [0.2, 0.25) is 10.0 Å². The molecule has 1 saturated heterocycles. The van der Waals surface area contributed by atoms with Crippen molar-refractivity contribution in [1.29, 1.82) is 5.26 Å². The quantitative estimate of drug-likeness (QED) is 0.171. The van der Waals surface area contributed by atoms with Crippen molar-refractivity contribution in [2.75, 3.05) is 12.4 Å². The number of likely N-dealkylation sites (tertiary alicyclic amines) is 1. The lowest BCUT2D eigenvalue weighted by molar-refractivity contribution is -0.193. The lowest BCUT2D eigenvalue weighted by Crippen LogP contribution is -2.45. The molecule has 9 nitrogen and oxygen atoms in total. The molecule has 1 aromatic heterocycles. The molecule has 244 valence electrons. The van der Waals surface area contributed by atoms with Crippen molar-refractivity contribution in [3.05, 3.63) is 81.1 Å². The van der Waals surface area contributed by atoms with Crippen LogP contribution in [0, 0.1) is 28.4 Å². The number of H-pyrrole nitrogens is 1. The number of benzene rings is 2. The first-order valence-corrected chi connectivity index (χ1v) is 14.3. The van der Waals surface area contributed by atoms with Crippen LogP contribution in [0.1, 0.15) is 54.7 Å². The molecule has 0 spiro atoms. The van der Waals surface area contributed by atoms with Crippen molar-refractivity contribution in [3.8, 4) is 6.07 Å². The molecule has 3 aromatic rings. The van der Waals surface area contributed by atoms with E-state index in [1.807, 2.05) is 20.8 Å². The molecule has 0 saturated carbocycles. The second kappa shape index (κ2) is 12.6. The summed E-state index contributed by atoms with van der Waals surface area (Å²) >= 11 is 12.2. The molecule has 1 aliphatic heterocycles. The van der Waals surface area contributed by atoms with Crippen LogP contribution in [-0.4, -0.2) is 58.0 Å². The predicted molar refractivity (Wildman–Crippen MR) is 156 cm³/mol. The van der Waals surface area contributed by atoms with Gasteiger partial charge in [0.2, 0.25) is 11.9 Å². The van der Waals surface area contributed by atoms with Crippen LogP contribution in [0.3, 0.4) is 0 Å². The summed E-state index contributed by atoms with van der Waals surface area (Å²) in [5, 5.41) is 13.1. The second-order valence-electron chi connectivity index (χ2n) is 11.9. The van der Waals surface area contributed by atoms with Gasteiger partial charge in [0, 0.05) is 22.5 Å². The molecular formula is C30H26Cl2F5N5O4. The molecule has 0 aliphatic carbocycles. The van der Waals surface area contributed by atoms with Crippen LogP contribution in [0.5, 0.6) is 0 Å². The summed E-state index contributed by atoms with van der Waals surface area (Å²) in [5.41, 5.74) is -3.43. The van der Waals surface area contributed by atoms with Gasteiger partial charge in [-0.3, -0.25) is 15.0 Å². The normalized spacial score (nSPS) is 21.9. The molecule has 2 aromatic carbocycles. The largest absolute Gasteiger partial charge is 0.491 e. The molecule has 0 radical (unpaired) electrons. The molecule has 1 aliphatic rings. The Bertz CT molecular complexity index is 1740. The molecule has 2 heterocycles. The highest BCUT2D eigenvalue weighted by Crippen LogP contribution is 2.56. The van der Waals surface area contributed by atoms with Gasteiger partial charge in [0.05, 0.1) is 23.3 Å². The maximum Gasteiger partial charge on any atom is 0.491 e. The van der Waals surface area contributed by atoms with Gasteiger partial charge >= 0.3 is 18.1 Å². The molecule has 4 atom stereocenters. The van der Waals surface area contributed by atoms with Gasteiger partial charge in [-0.25, -0.2) is 23.4 Å². The molecule has 2 N–H and O–H groups in total. The SMILES string of the molecule is CN1[C@@H](CC(C)(C)C)[C@](C#N)(c2ccc(Cl)cc2F)[C@@H](c2cccc(Cl)c2F)[C@@H]1C(=O)Nc1ncc(C(=O)OC(=O)C(F)(F)F)[nH]1. The molecule has 46 heavy (non-hydrogen) atoms. The summed E-state index contributed by atoms with van der Waals surface area (Å²) in [6, 6.07) is 7.61. The number of likely N-dealkylation sites (N-methyl/N-ethyl adjacent to an activating group) is 1. The minimum absolute atomic E-state index is 0.0388. The molecule has 16 heteroatoms. The molecule has 1 fully saturated rings. The van der Waals surface area contributed by atoms with E-state index in [0.29, 0.717) is 0 Å². The van der Waals surface area contributed by atoms with E-state index in [2.05, 4.69) is 26.1 Å². The van der Waals surface area contributed by atoms with E-state index in [-0.39, 0.29) is 27.6 Å². The highest BCUT2D eigenvalue weighted by molar-refractivity contribution is 6.31. The van der Waals surface area contributed by atoms with E-state index in [9.17, 15) is 32.8 Å². The van der Waals surface area contributed by atoms with E-state index in [0.717, 1.165) is 12.3 Å². The number of imidazole rings is 1. The Morgan fingerprint density at radius 2 is 1.83 bits per heavy atom. The molecular weight excluding hydrogens is 660 g/mol. The number of amides is 1. The maximum atomic E-state index is 15.9. The van der Waals surface area contributed by atoms with E-state index >= 15 is 8.78 Å². The van der Waals surface area contributed by atoms with E-state index < -0.39 is 76.1 Å². The topological polar surface area (TPSA) is 128 Å².